The molecular formula is C16H23NO. The van der Waals surface area contributed by atoms with Crippen LogP contribution in [0.3, 0.4) is 0 Å². The number of hydrogen-bond acceptors (Lipinski definition) is 2. The van der Waals surface area contributed by atoms with Crippen molar-refractivity contribution < 1.29 is 4.74 Å². The Morgan fingerprint density at radius 1 is 1.17 bits per heavy atom. The van der Waals surface area contributed by atoms with E-state index in [9.17, 15) is 0 Å². The minimum absolute atomic E-state index is 0.345. The molecule has 2 heterocycles. The van der Waals surface area contributed by atoms with Crippen molar-refractivity contribution in [1.82, 2.24) is 5.32 Å². The Morgan fingerprint density at radius 2 is 2.11 bits per heavy atom. The first-order valence-corrected chi connectivity index (χ1v) is 7.33. The Bertz CT molecular complexity index is 382. The second-order valence-electron chi connectivity index (χ2n) is 5.59. The van der Waals surface area contributed by atoms with Crippen molar-refractivity contribution in [3.63, 3.8) is 0 Å². The molecule has 1 aromatic carbocycles. The molecule has 98 valence electrons. The van der Waals surface area contributed by atoms with Gasteiger partial charge >= 0.3 is 0 Å². The lowest BCUT2D eigenvalue weighted by molar-refractivity contribution is 0.0240. The van der Waals surface area contributed by atoms with Crippen LogP contribution in [0, 0.1) is 5.92 Å². The summed E-state index contributed by atoms with van der Waals surface area (Å²) in [5.41, 5.74) is 2.95. The zero-order chi connectivity index (χ0) is 12.2. The van der Waals surface area contributed by atoms with Gasteiger partial charge in [0.1, 0.15) is 0 Å². The largest absolute Gasteiger partial charge is 0.373 e. The van der Waals surface area contributed by atoms with E-state index in [-0.39, 0.29) is 0 Å². The Morgan fingerprint density at radius 3 is 3.11 bits per heavy atom. The third-order valence-electron chi connectivity index (χ3n) is 4.34. The molecule has 0 aliphatic carbocycles. The van der Waals surface area contributed by atoms with Gasteiger partial charge in [0.25, 0.3) is 0 Å². The lowest BCUT2D eigenvalue weighted by Crippen LogP contribution is -2.19. The summed E-state index contributed by atoms with van der Waals surface area (Å²) in [6.07, 6.45) is 6.62. The van der Waals surface area contributed by atoms with Crippen LogP contribution in [0.25, 0.3) is 0 Å². The van der Waals surface area contributed by atoms with Gasteiger partial charge in [-0.25, -0.2) is 0 Å². The van der Waals surface area contributed by atoms with E-state index in [0.29, 0.717) is 6.10 Å². The number of fused-ring (bicyclic) bond motifs is 1. The minimum Gasteiger partial charge on any atom is -0.373 e. The Labute approximate surface area is 110 Å². The molecule has 2 aliphatic rings. The van der Waals surface area contributed by atoms with Crippen LogP contribution in [-0.4, -0.2) is 19.7 Å². The molecule has 0 saturated carbocycles. The lowest BCUT2D eigenvalue weighted by Gasteiger charge is -2.29. The molecule has 1 N–H and O–H groups in total. The molecule has 3 rings (SSSR count). The molecule has 1 saturated heterocycles. The van der Waals surface area contributed by atoms with Crippen LogP contribution in [0.2, 0.25) is 0 Å². The van der Waals surface area contributed by atoms with Gasteiger partial charge in [-0.1, -0.05) is 24.3 Å². The maximum absolute atomic E-state index is 6.03. The van der Waals surface area contributed by atoms with E-state index in [1.807, 2.05) is 0 Å². The Hall–Kier alpha value is -0.860. The molecule has 0 spiro atoms. The van der Waals surface area contributed by atoms with E-state index in [2.05, 4.69) is 29.6 Å². The second-order valence-corrected chi connectivity index (χ2v) is 5.59. The Kier molecular flexibility index (Phi) is 3.96. The number of ether oxygens (including phenoxy) is 1. The molecule has 0 bridgehead atoms. The summed E-state index contributed by atoms with van der Waals surface area (Å²) in [6, 6.07) is 8.82. The summed E-state index contributed by atoms with van der Waals surface area (Å²) < 4.78 is 6.03. The number of hydrogen-bond donors (Lipinski definition) is 1. The first-order valence-electron chi connectivity index (χ1n) is 7.33. The summed E-state index contributed by atoms with van der Waals surface area (Å²) in [4.78, 5) is 0. The topological polar surface area (TPSA) is 21.3 Å². The van der Waals surface area contributed by atoms with E-state index < -0.39 is 0 Å². The molecule has 2 nitrogen and oxygen atoms in total. The van der Waals surface area contributed by atoms with Gasteiger partial charge in [0.05, 0.1) is 12.7 Å². The van der Waals surface area contributed by atoms with Crippen molar-refractivity contribution in [2.75, 3.05) is 19.7 Å². The molecule has 0 amide bonds. The highest BCUT2D eigenvalue weighted by molar-refractivity contribution is 5.30. The predicted octanol–water partition coefficient (Wildman–Crippen LogP) is 3.08. The van der Waals surface area contributed by atoms with Crippen LogP contribution in [-0.2, 0) is 11.2 Å². The van der Waals surface area contributed by atoms with Crippen LogP contribution in [0.5, 0.6) is 0 Å². The van der Waals surface area contributed by atoms with Gasteiger partial charge in [-0.15, -0.1) is 0 Å². The van der Waals surface area contributed by atoms with Crippen molar-refractivity contribution in [3.8, 4) is 0 Å². The molecular weight excluding hydrogens is 222 g/mol. The standard InChI is InChI=1S/C16H23NO/c1-2-6-15-14(5-1)8-11-18-16(15)12-13-4-3-9-17-10-7-13/h1-2,5-6,13,16-17H,3-4,7-12H2. The molecule has 18 heavy (non-hydrogen) atoms. The van der Waals surface area contributed by atoms with Crippen molar-refractivity contribution in [1.29, 1.82) is 0 Å². The second kappa shape index (κ2) is 5.85. The zero-order valence-electron chi connectivity index (χ0n) is 11.0. The Balaban J connectivity index is 1.69. The number of nitrogens with one attached hydrogen (secondary N) is 1. The first-order chi connectivity index (χ1) is 8.93. The van der Waals surface area contributed by atoms with Crippen molar-refractivity contribution in [2.24, 2.45) is 5.92 Å². The van der Waals surface area contributed by atoms with Crippen molar-refractivity contribution in [3.05, 3.63) is 35.4 Å². The first kappa shape index (κ1) is 12.2. The van der Waals surface area contributed by atoms with Gasteiger partial charge in [0.2, 0.25) is 0 Å². The molecule has 1 fully saturated rings. The molecule has 2 atom stereocenters. The van der Waals surface area contributed by atoms with E-state index in [0.717, 1.165) is 18.9 Å². The molecule has 2 unspecified atom stereocenters. The lowest BCUT2D eigenvalue weighted by atomic mass is 9.88. The summed E-state index contributed by atoms with van der Waals surface area (Å²) >= 11 is 0. The monoisotopic (exact) mass is 245 g/mol. The van der Waals surface area contributed by atoms with Crippen molar-refractivity contribution in [2.45, 2.75) is 38.2 Å². The number of benzene rings is 1. The molecule has 2 heteroatoms. The predicted molar refractivity (Wildman–Crippen MR) is 73.7 cm³/mol. The third kappa shape index (κ3) is 2.76. The van der Waals surface area contributed by atoms with Crippen LogP contribution in [0.1, 0.15) is 42.9 Å². The quantitative estimate of drug-likeness (QED) is 0.864. The minimum atomic E-state index is 0.345. The molecule has 0 radical (unpaired) electrons. The molecule has 1 aromatic rings. The zero-order valence-corrected chi connectivity index (χ0v) is 11.0. The average molecular weight is 245 g/mol. The normalized spacial score (nSPS) is 28.4. The van der Waals surface area contributed by atoms with Gasteiger partial charge in [-0.05, 0) is 62.2 Å². The van der Waals surface area contributed by atoms with E-state index in [1.165, 1.54) is 49.9 Å². The van der Waals surface area contributed by atoms with E-state index in [4.69, 9.17) is 4.74 Å². The molecule has 2 aliphatic heterocycles. The van der Waals surface area contributed by atoms with Crippen LogP contribution < -0.4 is 5.32 Å². The summed E-state index contributed by atoms with van der Waals surface area (Å²) in [5.74, 6) is 0.830. The highest BCUT2D eigenvalue weighted by Gasteiger charge is 2.24. The SMILES string of the molecule is c1ccc2c(c1)CCOC2CC1CCCNCC1. The van der Waals surface area contributed by atoms with Gasteiger partial charge in [0, 0.05) is 0 Å². The fraction of sp³-hybridized carbons (Fsp3) is 0.625. The van der Waals surface area contributed by atoms with Gasteiger partial charge in [-0.3, -0.25) is 0 Å². The van der Waals surface area contributed by atoms with Crippen LogP contribution in [0.4, 0.5) is 0 Å². The third-order valence-corrected chi connectivity index (χ3v) is 4.34. The maximum atomic E-state index is 6.03. The smallest absolute Gasteiger partial charge is 0.0830 e. The summed E-state index contributed by atoms with van der Waals surface area (Å²) in [7, 11) is 0. The summed E-state index contributed by atoms with van der Waals surface area (Å²) in [5, 5.41) is 3.49. The summed E-state index contributed by atoms with van der Waals surface area (Å²) in [6.45, 7) is 3.27. The van der Waals surface area contributed by atoms with Gasteiger partial charge in [0.15, 0.2) is 0 Å². The van der Waals surface area contributed by atoms with Gasteiger partial charge in [-0.2, -0.15) is 0 Å². The van der Waals surface area contributed by atoms with Crippen LogP contribution >= 0.6 is 0 Å². The maximum Gasteiger partial charge on any atom is 0.0830 e. The fourth-order valence-corrected chi connectivity index (χ4v) is 3.30. The van der Waals surface area contributed by atoms with Crippen molar-refractivity contribution >= 4 is 0 Å². The van der Waals surface area contributed by atoms with E-state index >= 15 is 0 Å². The van der Waals surface area contributed by atoms with Crippen LogP contribution in [0.15, 0.2) is 24.3 Å². The highest BCUT2D eigenvalue weighted by atomic mass is 16.5. The number of rotatable bonds is 2. The highest BCUT2D eigenvalue weighted by Crippen LogP contribution is 2.34. The van der Waals surface area contributed by atoms with Gasteiger partial charge < -0.3 is 10.1 Å². The van der Waals surface area contributed by atoms with E-state index in [1.54, 1.807) is 0 Å². The average Bonchev–Trinajstić information content (AvgIpc) is 2.68. The fourth-order valence-electron chi connectivity index (χ4n) is 3.30. The molecule has 0 aromatic heterocycles.